The van der Waals surface area contributed by atoms with Crippen molar-refractivity contribution in [3.8, 4) is 0 Å². The van der Waals surface area contributed by atoms with Crippen molar-refractivity contribution in [2.45, 2.75) is 51.3 Å². The predicted octanol–water partition coefficient (Wildman–Crippen LogP) is 1.26. The molecular formula is C12H23NO2. The molecule has 2 aliphatic rings. The first-order chi connectivity index (χ1) is 7.18. The number of hydrogen-bond donors (Lipinski definition) is 1. The Bertz CT molecular complexity index is 204. The van der Waals surface area contributed by atoms with Crippen molar-refractivity contribution in [2.24, 2.45) is 5.92 Å². The zero-order valence-electron chi connectivity index (χ0n) is 9.85. The molecule has 0 radical (unpaired) electrons. The molecule has 0 unspecified atom stereocenters. The van der Waals surface area contributed by atoms with Gasteiger partial charge in [0.25, 0.3) is 0 Å². The maximum atomic E-state index is 9.87. The molecule has 15 heavy (non-hydrogen) atoms. The lowest BCUT2D eigenvalue weighted by Crippen LogP contribution is -2.52. The van der Waals surface area contributed by atoms with Crippen LogP contribution in [-0.4, -0.2) is 48.0 Å². The molecule has 2 atom stereocenters. The highest BCUT2D eigenvalue weighted by molar-refractivity contribution is 4.91. The van der Waals surface area contributed by atoms with Gasteiger partial charge in [0.1, 0.15) is 0 Å². The molecular weight excluding hydrogens is 190 g/mol. The van der Waals surface area contributed by atoms with Crippen LogP contribution in [0, 0.1) is 5.92 Å². The minimum absolute atomic E-state index is 0.248. The number of ether oxygens (including phenoxy) is 1. The van der Waals surface area contributed by atoms with Gasteiger partial charge in [-0.05, 0) is 18.8 Å². The summed E-state index contributed by atoms with van der Waals surface area (Å²) in [5, 5.41) is 9.87. The van der Waals surface area contributed by atoms with E-state index in [2.05, 4.69) is 18.7 Å². The van der Waals surface area contributed by atoms with Crippen LogP contribution >= 0.6 is 0 Å². The minimum atomic E-state index is -0.274. The molecule has 1 aliphatic carbocycles. The molecule has 3 nitrogen and oxygen atoms in total. The van der Waals surface area contributed by atoms with Crippen LogP contribution < -0.4 is 0 Å². The molecule has 1 heterocycles. The molecule has 0 aromatic carbocycles. The second-order valence-corrected chi connectivity index (χ2v) is 5.35. The average molecular weight is 213 g/mol. The number of hydrogen-bond acceptors (Lipinski definition) is 3. The molecule has 0 aromatic heterocycles. The maximum Gasteiger partial charge on any atom is 0.0950 e. The van der Waals surface area contributed by atoms with Crippen molar-refractivity contribution in [1.29, 1.82) is 0 Å². The Morgan fingerprint density at radius 1 is 1.33 bits per heavy atom. The topological polar surface area (TPSA) is 32.7 Å². The minimum Gasteiger partial charge on any atom is -0.389 e. The third kappa shape index (κ3) is 2.52. The van der Waals surface area contributed by atoms with Gasteiger partial charge in [0.05, 0.1) is 25.4 Å². The Hall–Kier alpha value is -0.120. The molecule has 1 saturated heterocycles. The summed E-state index contributed by atoms with van der Waals surface area (Å²) in [4.78, 5) is 2.49. The van der Waals surface area contributed by atoms with Gasteiger partial charge < -0.3 is 9.84 Å². The monoisotopic (exact) mass is 213 g/mol. The van der Waals surface area contributed by atoms with Gasteiger partial charge >= 0.3 is 0 Å². The third-order valence-electron chi connectivity index (χ3n) is 3.57. The Balaban J connectivity index is 1.96. The van der Waals surface area contributed by atoms with Gasteiger partial charge in [-0.2, -0.15) is 0 Å². The second kappa shape index (κ2) is 4.81. The molecule has 0 bridgehead atoms. The summed E-state index contributed by atoms with van der Waals surface area (Å²) in [6.45, 7) is 6.81. The number of aliphatic hydroxyl groups excluding tert-OH is 1. The molecule has 2 rings (SSSR count). The first-order valence-corrected chi connectivity index (χ1v) is 6.20. The van der Waals surface area contributed by atoms with E-state index in [-0.39, 0.29) is 12.1 Å². The molecule has 1 N–H and O–H groups in total. The first kappa shape index (κ1) is 11.4. The van der Waals surface area contributed by atoms with E-state index >= 15 is 0 Å². The second-order valence-electron chi connectivity index (χ2n) is 5.35. The van der Waals surface area contributed by atoms with Gasteiger partial charge in [-0.15, -0.1) is 0 Å². The van der Waals surface area contributed by atoms with Crippen molar-refractivity contribution in [2.75, 3.05) is 19.8 Å². The fraction of sp³-hybridized carbons (Fsp3) is 1.00. The lowest BCUT2D eigenvalue weighted by Gasteiger charge is -2.42. The summed E-state index contributed by atoms with van der Waals surface area (Å²) in [6, 6.07) is 0.950. The van der Waals surface area contributed by atoms with Crippen LogP contribution in [0.5, 0.6) is 0 Å². The summed E-state index contributed by atoms with van der Waals surface area (Å²) >= 11 is 0. The summed E-state index contributed by atoms with van der Waals surface area (Å²) in [5.41, 5.74) is 0. The van der Waals surface area contributed by atoms with Crippen molar-refractivity contribution in [1.82, 2.24) is 4.90 Å². The molecule has 2 fully saturated rings. The van der Waals surface area contributed by atoms with Crippen LogP contribution in [0.25, 0.3) is 0 Å². The molecule has 0 amide bonds. The van der Waals surface area contributed by atoms with Crippen molar-refractivity contribution < 1.29 is 9.84 Å². The summed E-state index contributed by atoms with van der Waals surface area (Å²) in [7, 11) is 0. The van der Waals surface area contributed by atoms with Crippen molar-refractivity contribution in [3.63, 3.8) is 0 Å². The standard InChI is InChI=1S/C12H23NO2/c1-9(2)6-13(10-4-3-5-10)11-7-15-8-12(11)14/h9-12,14H,3-8H2,1-2H3/t11-,12-/m1/s1. The average Bonchev–Trinajstić information content (AvgIpc) is 2.46. The van der Waals surface area contributed by atoms with Gasteiger partial charge in [-0.1, -0.05) is 20.3 Å². The molecule has 1 aliphatic heterocycles. The SMILES string of the molecule is CC(C)CN(C1CCC1)[C@@H]1COC[C@H]1O. The molecule has 88 valence electrons. The van der Waals surface area contributed by atoms with Gasteiger partial charge in [-0.25, -0.2) is 0 Å². The fourth-order valence-corrected chi connectivity index (χ4v) is 2.54. The third-order valence-corrected chi connectivity index (χ3v) is 3.57. The van der Waals surface area contributed by atoms with E-state index in [1.165, 1.54) is 19.3 Å². The Kier molecular flexibility index (Phi) is 3.65. The van der Waals surface area contributed by atoms with E-state index < -0.39 is 0 Å². The van der Waals surface area contributed by atoms with Crippen LogP contribution in [0.15, 0.2) is 0 Å². The number of rotatable bonds is 4. The summed E-state index contributed by atoms with van der Waals surface area (Å²) in [6.07, 6.45) is 3.68. The highest BCUT2D eigenvalue weighted by atomic mass is 16.5. The van der Waals surface area contributed by atoms with E-state index in [4.69, 9.17) is 4.74 Å². The smallest absolute Gasteiger partial charge is 0.0950 e. The van der Waals surface area contributed by atoms with Gasteiger partial charge in [0.2, 0.25) is 0 Å². The first-order valence-electron chi connectivity index (χ1n) is 6.20. The largest absolute Gasteiger partial charge is 0.389 e. The predicted molar refractivity (Wildman–Crippen MR) is 59.8 cm³/mol. The van der Waals surface area contributed by atoms with E-state index in [0.717, 1.165) is 6.54 Å². The van der Waals surface area contributed by atoms with E-state index in [0.29, 0.717) is 25.2 Å². The zero-order valence-corrected chi connectivity index (χ0v) is 9.85. The summed E-state index contributed by atoms with van der Waals surface area (Å²) < 4.78 is 5.36. The highest BCUT2D eigenvalue weighted by Gasteiger charge is 2.37. The highest BCUT2D eigenvalue weighted by Crippen LogP contribution is 2.29. The van der Waals surface area contributed by atoms with Crippen molar-refractivity contribution in [3.05, 3.63) is 0 Å². The molecule has 1 saturated carbocycles. The summed E-state index contributed by atoms with van der Waals surface area (Å²) in [5.74, 6) is 0.665. The fourth-order valence-electron chi connectivity index (χ4n) is 2.54. The quantitative estimate of drug-likeness (QED) is 0.763. The van der Waals surface area contributed by atoms with Gasteiger partial charge in [-0.3, -0.25) is 4.90 Å². The van der Waals surface area contributed by atoms with Crippen LogP contribution in [0.3, 0.4) is 0 Å². The van der Waals surface area contributed by atoms with Crippen LogP contribution in [-0.2, 0) is 4.74 Å². The van der Waals surface area contributed by atoms with Crippen LogP contribution in [0.1, 0.15) is 33.1 Å². The van der Waals surface area contributed by atoms with Crippen molar-refractivity contribution >= 4 is 0 Å². The Morgan fingerprint density at radius 2 is 2.07 bits per heavy atom. The number of aliphatic hydroxyl groups is 1. The van der Waals surface area contributed by atoms with E-state index in [1.807, 2.05) is 0 Å². The molecule has 3 heteroatoms. The Labute approximate surface area is 92.4 Å². The van der Waals surface area contributed by atoms with E-state index in [1.54, 1.807) is 0 Å². The van der Waals surface area contributed by atoms with Crippen LogP contribution in [0.4, 0.5) is 0 Å². The van der Waals surface area contributed by atoms with E-state index in [9.17, 15) is 5.11 Å². The number of nitrogens with zero attached hydrogens (tertiary/aromatic N) is 1. The lowest BCUT2D eigenvalue weighted by atomic mass is 9.89. The Morgan fingerprint density at radius 3 is 2.47 bits per heavy atom. The lowest BCUT2D eigenvalue weighted by molar-refractivity contribution is 0.0180. The van der Waals surface area contributed by atoms with Gasteiger partial charge in [0.15, 0.2) is 0 Å². The normalized spacial score (nSPS) is 32.6. The maximum absolute atomic E-state index is 9.87. The van der Waals surface area contributed by atoms with Gasteiger partial charge in [0, 0.05) is 12.6 Å². The molecule has 0 spiro atoms. The zero-order chi connectivity index (χ0) is 10.8. The molecule has 0 aromatic rings. The van der Waals surface area contributed by atoms with Crippen LogP contribution in [0.2, 0.25) is 0 Å².